The van der Waals surface area contributed by atoms with Crippen molar-refractivity contribution in [2.75, 3.05) is 17.3 Å². The van der Waals surface area contributed by atoms with E-state index in [4.69, 9.17) is 16.3 Å². The molecule has 9 heteroatoms. The fourth-order valence-corrected chi connectivity index (χ4v) is 4.89. The van der Waals surface area contributed by atoms with Gasteiger partial charge >= 0.3 is 0 Å². The average Bonchev–Trinajstić information content (AvgIpc) is 3.19. The monoisotopic (exact) mass is 471 g/mol. The maximum Gasteiger partial charge on any atom is 0.240 e. The Labute approximate surface area is 196 Å². The van der Waals surface area contributed by atoms with E-state index < -0.39 is 5.25 Å². The molecule has 1 aromatic heterocycles. The van der Waals surface area contributed by atoms with Crippen molar-refractivity contribution in [3.8, 4) is 5.75 Å². The molecule has 0 unspecified atom stereocenters. The number of aryl methyl sites for hydroxylation is 1. The second kappa shape index (κ2) is 9.83. The number of nitrogens with one attached hydrogen (secondary N) is 2. The van der Waals surface area contributed by atoms with Crippen molar-refractivity contribution in [3.05, 3.63) is 64.4 Å². The SMILES string of the molecule is CCCc1nnc2n1N[C@@H](c1ccc(OCC)cc1)[C@@H](C(=O)Nc1cccc(Cl)c1C)S2. The van der Waals surface area contributed by atoms with Crippen molar-refractivity contribution in [2.24, 2.45) is 0 Å². The van der Waals surface area contributed by atoms with E-state index in [1.54, 1.807) is 0 Å². The number of hydrogen-bond acceptors (Lipinski definition) is 6. The van der Waals surface area contributed by atoms with Gasteiger partial charge in [-0.2, -0.15) is 0 Å². The number of benzene rings is 2. The number of rotatable bonds is 7. The number of fused-ring (bicyclic) bond motifs is 1. The predicted molar refractivity (Wildman–Crippen MR) is 128 cm³/mol. The quantitative estimate of drug-likeness (QED) is 0.505. The number of carbonyl (C=O) groups excluding carboxylic acids is 1. The maximum atomic E-state index is 13.4. The summed E-state index contributed by atoms with van der Waals surface area (Å²) in [5.74, 6) is 1.53. The van der Waals surface area contributed by atoms with Gasteiger partial charge in [0.1, 0.15) is 11.0 Å². The molecule has 0 spiro atoms. The molecule has 0 aliphatic carbocycles. The largest absolute Gasteiger partial charge is 0.494 e. The molecular weight excluding hydrogens is 446 g/mol. The van der Waals surface area contributed by atoms with Crippen LogP contribution in [0, 0.1) is 6.92 Å². The summed E-state index contributed by atoms with van der Waals surface area (Å²) in [6.07, 6.45) is 1.76. The molecule has 0 saturated carbocycles. The number of carbonyl (C=O) groups is 1. The Morgan fingerprint density at radius 1 is 1.22 bits per heavy atom. The van der Waals surface area contributed by atoms with E-state index in [-0.39, 0.29) is 11.9 Å². The Hall–Kier alpha value is -2.71. The Morgan fingerprint density at radius 2 is 2.00 bits per heavy atom. The van der Waals surface area contributed by atoms with E-state index in [9.17, 15) is 4.79 Å². The third kappa shape index (κ3) is 4.56. The van der Waals surface area contributed by atoms with Crippen LogP contribution in [0.3, 0.4) is 0 Å². The van der Waals surface area contributed by atoms with Crippen molar-refractivity contribution in [1.82, 2.24) is 14.9 Å². The normalized spacial score (nSPS) is 17.4. The summed E-state index contributed by atoms with van der Waals surface area (Å²) in [4.78, 5) is 13.4. The van der Waals surface area contributed by atoms with Crippen LogP contribution in [0.5, 0.6) is 5.75 Å². The standard InChI is InChI=1S/C23H26ClN5O2S/c1-4-7-19-26-27-23-29(19)28-20(15-10-12-16(13-11-15)31-5-2)21(32-23)22(30)25-18-9-6-8-17(24)14(18)3/h6,8-13,20-21,28H,4-5,7H2,1-3H3,(H,25,30)/t20-,21-/m0/s1. The van der Waals surface area contributed by atoms with Crippen molar-refractivity contribution in [3.63, 3.8) is 0 Å². The van der Waals surface area contributed by atoms with Crippen LogP contribution in [-0.2, 0) is 11.2 Å². The third-order valence-corrected chi connectivity index (χ3v) is 6.94. The average molecular weight is 472 g/mol. The first kappa shape index (κ1) is 22.5. The number of thioether (sulfide) groups is 1. The molecule has 7 nitrogen and oxygen atoms in total. The number of ether oxygens (including phenoxy) is 1. The number of halogens is 1. The molecule has 0 radical (unpaired) electrons. The topological polar surface area (TPSA) is 81.1 Å². The molecule has 0 saturated heterocycles. The highest BCUT2D eigenvalue weighted by atomic mass is 35.5. The predicted octanol–water partition coefficient (Wildman–Crippen LogP) is 4.99. The zero-order valence-electron chi connectivity index (χ0n) is 18.3. The van der Waals surface area contributed by atoms with Crippen molar-refractivity contribution in [1.29, 1.82) is 0 Å². The number of aromatic nitrogens is 3. The van der Waals surface area contributed by atoms with Crippen molar-refractivity contribution < 1.29 is 9.53 Å². The van der Waals surface area contributed by atoms with Gasteiger partial charge in [-0.05, 0) is 55.7 Å². The minimum absolute atomic E-state index is 0.127. The molecule has 2 N–H and O–H groups in total. The molecule has 168 valence electrons. The lowest BCUT2D eigenvalue weighted by molar-refractivity contribution is -0.116. The van der Waals surface area contributed by atoms with Crippen LogP contribution >= 0.6 is 23.4 Å². The van der Waals surface area contributed by atoms with E-state index >= 15 is 0 Å². The zero-order chi connectivity index (χ0) is 22.7. The Balaban J connectivity index is 1.66. The number of anilines is 1. The molecule has 0 fully saturated rings. The lowest BCUT2D eigenvalue weighted by Crippen LogP contribution is -2.41. The van der Waals surface area contributed by atoms with Gasteiger partial charge in [0, 0.05) is 17.1 Å². The molecule has 32 heavy (non-hydrogen) atoms. The summed E-state index contributed by atoms with van der Waals surface area (Å²) in [6.45, 7) is 6.55. The van der Waals surface area contributed by atoms with Crippen LogP contribution in [0.25, 0.3) is 0 Å². The molecule has 2 aromatic carbocycles. The Bertz CT molecular complexity index is 1100. The summed E-state index contributed by atoms with van der Waals surface area (Å²) in [6, 6.07) is 13.0. The number of amides is 1. The van der Waals surface area contributed by atoms with Gasteiger partial charge in [0.15, 0.2) is 5.82 Å². The summed E-state index contributed by atoms with van der Waals surface area (Å²) in [5.41, 5.74) is 6.00. The Morgan fingerprint density at radius 3 is 2.72 bits per heavy atom. The maximum absolute atomic E-state index is 13.4. The van der Waals surface area contributed by atoms with Crippen LogP contribution in [-0.4, -0.2) is 32.6 Å². The van der Waals surface area contributed by atoms with Gasteiger partial charge < -0.3 is 15.5 Å². The molecule has 2 heterocycles. The summed E-state index contributed by atoms with van der Waals surface area (Å²) in [7, 11) is 0. The second-order valence-electron chi connectivity index (χ2n) is 7.53. The first-order chi connectivity index (χ1) is 15.5. The second-order valence-corrected chi connectivity index (χ2v) is 9.05. The molecule has 4 rings (SSSR count). The molecule has 1 amide bonds. The van der Waals surface area contributed by atoms with Crippen LogP contribution in [0.2, 0.25) is 5.02 Å². The highest BCUT2D eigenvalue weighted by Crippen LogP contribution is 2.38. The van der Waals surface area contributed by atoms with Gasteiger partial charge in [-0.25, -0.2) is 4.68 Å². The molecule has 0 bridgehead atoms. The lowest BCUT2D eigenvalue weighted by atomic mass is 10.0. The van der Waals surface area contributed by atoms with Gasteiger partial charge in [-0.1, -0.05) is 48.5 Å². The molecule has 1 aliphatic rings. The first-order valence-corrected chi connectivity index (χ1v) is 11.9. The number of nitrogens with zero attached hydrogens (tertiary/aromatic N) is 3. The van der Waals surface area contributed by atoms with E-state index in [0.29, 0.717) is 22.5 Å². The van der Waals surface area contributed by atoms with Gasteiger partial charge in [0.25, 0.3) is 0 Å². The highest BCUT2D eigenvalue weighted by molar-refractivity contribution is 8.00. The van der Waals surface area contributed by atoms with Gasteiger partial charge in [0.05, 0.1) is 12.6 Å². The minimum atomic E-state index is -0.461. The lowest BCUT2D eigenvalue weighted by Gasteiger charge is -2.33. The molecular formula is C23H26ClN5O2S. The minimum Gasteiger partial charge on any atom is -0.494 e. The molecule has 3 aromatic rings. The highest BCUT2D eigenvalue weighted by Gasteiger charge is 2.38. The van der Waals surface area contributed by atoms with Crippen molar-refractivity contribution >= 4 is 35.0 Å². The smallest absolute Gasteiger partial charge is 0.240 e. The summed E-state index contributed by atoms with van der Waals surface area (Å²) < 4.78 is 7.48. The van der Waals surface area contributed by atoms with Crippen LogP contribution in [0.15, 0.2) is 47.6 Å². The van der Waals surface area contributed by atoms with Gasteiger partial charge in [0.2, 0.25) is 11.1 Å². The summed E-state index contributed by atoms with van der Waals surface area (Å²) >= 11 is 7.65. The Kier molecular flexibility index (Phi) is 6.91. The van der Waals surface area contributed by atoms with Gasteiger partial charge in [-0.3, -0.25) is 4.79 Å². The van der Waals surface area contributed by atoms with E-state index in [0.717, 1.165) is 35.5 Å². The molecule has 2 atom stereocenters. The van der Waals surface area contributed by atoms with Crippen molar-refractivity contribution in [2.45, 2.75) is 50.1 Å². The zero-order valence-corrected chi connectivity index (χ0v) is 19.8. The molecule has 1 aliphatic heterocycles. The third-order valence-electron chi connectivity index (χ3n) is 5.31. The fourth-order valence-electron chi connectivity index (χ4n) is 3.62. The summed E-state index contributed by atoms with van der Waals surface area (Å²) in [5, 5.41) is 12.5. The van der Waals surface area contributed by atoms with Crippen LogP contribution in [0.4, 0.5) is 5.69 Å². The van der Waals surface area contributed by atoms with E-state index in [1.165, 1.54) is 11.8 Å². The van der Waals surface area contributed by atoms with Crippen LogP contribution < -0.4 is 15.5 Å². The number of hydrogen-bond donors (Lipinski definition) is 2. The first-order valence-electron chi connectivity index (χ1n) is 10.7. The van der Waals surface area contributed by atoms with E-state index in [1.807, 2.05) is 61.0 Å². The van der Waals surface area contributed by atoms with E-state index in [2.05, 4.69) is 27.9 Å². The van der Waals surface area contributed by atoms with Crippen LogP contribution in [0.1, 0.15) is 43.3 Å². The van der Waals surface area contributed by atoms with Gasteiger partial charge in [-0.15, -0.1) is 10.2 Å². The fraction of sp³-hybridized carbons (Fsp3) is 0.348.